The van der Waals surface area contributed by atoms with Gasteiger partial charge in [-0.25, -0.2) is 9.78 Å². The lowest BCUT2D eigenvalue weighted by atomic mass is 10.2. The third kappa shape index (κ3) is 4.05. The molecule has 0 bridgehead atoms. The van der Waals surface area contributed by atoms with E-state index in [0.717, 1.165) is 11.4 Å². The molecular weight excluding hydrogens is 268 g/mol. The van der Waals surface area contributed by atoms with Crippen molar-refractivity contribution in [3.8, 4) is 5.69 Å². The zero-order chi connectivity index (χ0) is 15.5. The Morgan fingerprint density at radius 3 is 2.71 bits per heavy atom. The Kier molecular flexibility index (Phi) is 4.26. The van der Waals surface area contributed by atoms with Crippen LogP contribution in [-0.2, 0) is 4.74 Å². The van der Waals surface area contributed by atoms with Gasteiger partial charge in [-0.15, -0.1) is 0 Å². The summed E-state index contributed by atoms with van der Waals surface area (Å²) in [4.78, 5) is 20.1. The molecule has 2 aromatic rings. The maximum atomic E-state index is 11.8. The molecule has 0 saturated heterocycles. The monoisotopic (exact) mass is 288 g/mol. The van der Waals surface area contributed by atoms with E-state index in [9.17, 15) is 4.79 Å². The van der Waals surface area contributed by atoms with Crippen LogP contribution in [0.4, 0.5) is 4.79 Å². The number of hydrogen-bond donors (Lipinski definition) is 1. The molecule has 0 aromatic carbocycles. The fourth-order valence-electron chi connectivity index (χ4n) is 1.90. The summed E-state index contributed by atoms with van der Waals surface area (Å²) in [6.07, 6.45) is 6.41. The Morgan fingerprint density at radius 2 is 2.10 bits per heavy atom. The van der Waals surface area contributed by atoms with Gasteiger partial charge in [-0.2, -0.15) is 0 Å². The van der Waals surface area contributed by atoms with Crippen LogP contribution in [0.5, 0.6) is 0 Å². The predicted molar refractivity (Wildman–Crippen MR) is 79.1 cm³/mol. The first-order chi connectivity index (χ1) is 9.87. The van der Waals surface area contributed by atoms with Crippen molar-refractivity contribution in [3.05, 3.63) is 42.7 Å². The molecule has 0 spiro atoms. The Morgan fingerprint density at radius 1 is 1.33 bits per heavy atom. The maximum absolute atomic E-state index is 11.8. The molecule has 0 unspecified atom stereocenters. The highest BCUT2D eigenvalue weighted by Crippen LogP contribution is 2.17. The molecular formula is C15H20N4O2. The molecule has 112 valence electrons. The van der Waals surface area contributed by atoms with E-state index >= 15 is 0 Å². The second kappa shape index (κ2) is 5.95. The van der Waals surface area contributed by atoms with Crippen molar-refractivity contribution in [2.45, 2.75) is 39.3 Å². The Balaban J connectivity index is 2.13. The standard InChI is InChI=1S/C15H20N4O2/c1-11(18-14(20)21-15(2,3)4)13-9-17-10-19(13)12-6-5-7-16-8-12/h5-11H,1-4H3,(H,18,20)/t11-/m1/s1. The van der Waals surface area contributed by atoms with Crippen molar-refractivity contribution in [2.24, 2.45) is 0 Å². The zero-order valence-electron chi connectivity index (χ0n) is 12.7. The van der Waals surface area contributed by atoms with Crippen LogP contribution in [0.25, 0.3) is 5.69 Å². The predicted octanol–water partition coefficient (Wildman–Crippen LogP) is 2.85. The summed E-state index contributed by atoms with van der Waals surface area (Å²) in [5.74, 6) is 0. The van der Waals surface area contributed by atoms with Crippen LogP contribution in [0, 0.1) is 0 Å². The van der Waals surface area contributed by atoms with Gasteiger partial charge in [-0.05, 0) is 39.8 Å². The lowest BCUT2D eigenvalue weighted by molar-refractivity contribution is 0.0506. The van der Waals surface area contributed by atoms with Crippen LogP contribution in [0.1, 0.15) is 39.4 Å². The fourth-order valence-corrected chi connectivity index (χ4v) is 1.90. The van der Waals surface area contributed by atoms with E-state index in [1.54, 1.807) is 24.9 Å². The molecule has 6 heteroatoms. The van der Waals surface area contributed by atoms with Crippen LogP contribution in [0.2, 0.25) is 0 Å². The molecule has 2 rings (SSSR count). The smallest absolute Gasteiger partial charge is 0.408 e. The Bertz CT molecular complexity index is 602. The minimum Gasteiger partial charge on any atom is -0.444 e. The van der Waals surface area contributed by atoms with Crippen molar-refractivity contribution in [1.82, 2.24) is 19.9 Å². The minimum atomic E-state index is -0.520. The van der Waals surface area contributed by atoms with E-state index in [1.165, 1.54) is 0 Å². The molecule has 0 radical (unpaired) electrons. The van der Waals surface area contributed by atoms with Gasteiger partial charge < -0.3 is 10.1 Å². The molecule has 0 aliphatic rings. The number of nitrogens with one attached hydrogen (secondary N) is 1. The number of pyridine rings is 1. The van der Waals surface area contributed by atoms with Gasteiger partial charge >= 0.3 is 6.09 Å². The van der Waals surface area contributed by atoms with Gasteiger partial charge in [0.15, 0.2) is 0 Å². The van der Waals surface area contributed by atoms with Crippen LogP contribution in [-0.4, -0.2) is 26.2 Å². The summed E-state index contributed by atoms with van der Waals surface area (Å²) in [5, 5.41) is 2.81. The lowest BCUT2D eigenvalue weighted by Crippen LogP contribution is -2.34. The Labute approximate surface area is 124 Å². The fraction of sp³-hybridized carbons (Fsp3) is 0.400. The van der Waals surface area contributed by atoms with Crippen LogP contribution in [0.15, 0.2) is 37.1 Å². The van der Waals surface area contributed by atoms with Crippen molar-refractivity contribution in [2.75, 3.05) is 0 Å². The Hall–Kier alpha value is -2.37. The largest absolute Gasteiger partial charge is 0.444 e. The normalized spacial score (nSPS) is 12.8. The molecule has 6 nitrogen and oxygen atoms in total. The van der Waals surface area contributed by atoms with E-state index in [1.807, 2.05) is 44.4 Å². The highest BCUT2D eigenvalue weighted by molar-refractivity contribution is 5.68. The SMILES string of the molecule is C[C@@H](NC(=O)OC(C)(C)C)c1cncn1-c1cccnc1. The van der Waals surface area contributed by atoms with Gasteiger partial charge in [-0.1, -0.05) is 0 Å². The highest BCUT2D eigenvalue weighted by atomic mass is 16.6. The molecule has 2 heterocycles. The summed E-state index contributed by atoms with van der Waals surface area (Å²) in [5.41, 5.74) is 1.23. The second-order valence-corrected chi connectivity index (χ2v) is 5.77. The number of carbonyl (C=O) groups excluding carboxylic acids is 1. The van der Waals surface area contributed by atoms with Crippen molar-refractivity contribution in [1.29, 1.82) is 0 Å². The van der Waals surface area contributed by atoms with E-state index < -0.39 is 11.7 Å². The van der Waals surface area contributed by atoms with E-state index in [-0.39, 0.29) is 6.04 Å². The van der Waals surface area contributed by atoms with E-state index in [0.29, 0.717) is 0 Å². The average molecular weight is 288 g/mol. The first-order valence-corrected chi connectivity index (χ1v) is 6.79. The summed E-state index contributed by atoms with van der Waals surface area (Å²) in [6.45, 7) is 7.37. The van der Waals surface area contributed by atoms with E-state index in [4.69, 9.17) is 4.74 Å². The molecule has 0 saturated carbocycles. The highest BCUT2D eigenvalue weighted by Gasteiger charge is 2.20. The molecule has 1 atom stereocenters. The second-order valence-electron chi connectivity index (χ2n) is 5.77. The van der Waals surface area contributed by atoms with Crippen molar-refractivity contribution < 1.29 is 9.53 Å². The van der Waals surface area contributed by atoms with Gasteiger partial charge in [0.25, 0.3) is 0 Å². The molecule has 0 aliphatic heterocycles. The molecule has 1 amide bonds. The number of ether oxygens (including phenoxy) is 1. The number of aromatic nitrogens is 3. The van der Waals surface area contributed by atoms with Crippen molar-refractivity contribution in [3.63, 3.8) is 0 Å². The quantitative estimate of drug-likeness (QED) is 0.943. The molecule has 2 aromatic heterocycles. The van der Waals surface area contributed by atoms with Crippen LogP contribution >= 0.6 is 0 Å². The number of rotatable bonds is 3. The topological polar surface area (TPSA) is 69.0 Å². The number of imidazole rings is 1. The summed E-state index contributed by atoms with van der Waals surface area (Å²) >= 11 is 0. The number of nitrogens with zero attached hydrogens (tertiary/aromatic N) is 3. The molecule has 0 aliphatic carbocycles. The first kappa shape index (κ1) is 15.0. The summed E-state index contributed by atoms with van der Waals surface area (Å²) in [7, 11) is 0. The minimum absolute atomic E-state index is 0.234. The van der Waals surface area contributed by atoms with Gasteiger partial charge in [-0.3, -0.25) is 9.55 Å². The average Bonchev–Trinajstić information content (AvgIpc) is 2.86. The number of alkyl carbamates (subject to hydrolysis) is 1. The molecule has 21 heavy (non-hydrogen) atoms. The van der Waals surface area contributed by atoms with Crippen LogP contribution < -0.4 is 5.32 Å². The third-order valence-corrected chi connectivity index (χ3v) is 2.77. The third-order valence-electron chi connectivity index (χ3n) is 2.77. The zero-order valence-corrected chi connectivity index (χ0v) is 12.7. The van der Waals surface area contributed by atoms with E-state index in [2.05, 4.69) is 15.3 Å². The number of hydrogen-bond acceptors (Lipinski definition) is 4. The molecule has 1 N–H and O–H groups in total. The lowest BCUT2D eigenvalue weighted by Gasteiger charge is -2.22. The number of amides is 1. The van der Waals surface area contributed by atoms with Crippen LogP contribution in [0.3, 0.4) is 0 Å². The summed E-state index contributed by atoms with van der Waals surface area (Å²) < 4.78 is 7.14. The summed E-state index contributed by atoms with van der Waals surface area (Å²) in [6, 6.07) is 3.55. The molecule has 0 fully saturated rings. The van der Waals surface area contributed by atoms with Crippen molar-refractivity contribution >= 4 is 6.09 Å². The van der Waals surface area contributed by atoms with Gasteiger partial charge in [0.2, 0.25) is 0 Å². The maximum Gasteiger partial charge on any atom is 0.408 e. The van der Waals surface area contributed by atoms with Gasteiger partial charge in [0.05, 0.1) is 36.1 Å². The first-order valence-electron chi connectivity index (χ1n) is 6.79. The van der Waals surface area contributed by atoms with Gasteiger partial charge in [0, 0.05) is 6.20 Å². The van der Waals surface area contributed by atoms with Gasteiger partial charge in [0.1, 0.15) is 5.60 Å². The number of carbonyl (C=O) groups is 1.